The number of hydrogen-bond donors (Lipinski definition) is 3. The number of β-amino-alcohol motifs (C(OH)–C–C–N with tert-alkyl or cyclic N) is 1. The van der Waals surface area contributed by atoms with Crippen molar-refractivity contribution in [1.82, 2.24) is 5.32 Å². The van der Waals surface area contributed by atoms with E-state index in [-0.39, 0.29) is 12.1 Å². The molecule has 0 unspecified atom stereocenters. The van der Waals surface area contributed by atoms with Crippen LogP contribution in [0.15, 0.2) is 5.57 Å². The van der Waals surface area contributed by atoms with E-state index in [1.54, 1.807) is 0 Å². The minimum Gasteiger partial charge on any atom is -0.480 e. The van der Waals surface area contributed by atoms with Crippen LogP contribution in [-0.2, 0) is 9.59 Å². The van der Waals surface area contributed by atoms with E-state index in [0.29, 0.717) is 0 Å². The molecule has 0 saturated carbocycles. The van der Waals surface area contributed by atoms with Gasteiger partial charge in [-0.2, -0.15) is 0 Å². The third-order valence-corrected chi connectivity index (χ3v) is 1.55. The maximum absolute atomic E-state index is 10.3. The Morgan fingerprint density at radius 1 is 1.73 bits per heavy atom. The van der Waals surface area contributed by atoms with Crippen molar-refractivity contribution in [1.29, 1.82) is 0 Å². The molecule has 0 aromatic carbocycles. The SMILES string of the molecule is O=C=C1[C@@H](C(=O)O)NC[C@@H]1O. The van der Waals surface area contributed by atoms with Gasteiger partial charge in [-0.25, -0.2) is 4.79 Å². The molecule has 0 bridgehead atoms. The van der Waals surface area contributed by atoms with Gasteiger partial charge in [-0.3, -0.25) is 10.1 Å². The topological polar surface area (TPSA) is 86.6 Å². The lowest BCUT2D eigenvalue weighted by atomic mass is 10.1. The Balaban J connectivity index is 2.86. The molecular weight excluding hydrogens is 150 g/mol. The van der Waals surface area contributed by atoms with Gasteiger partial charge in [0.2, 0.25) is 0 Å². The Morgan fingerprint density at radius 3 is 2.73 bits per heavy atom. The molecule has 0 spiro atoms. The summed E-state index contributed by atoms with van der Waals surface area (Å²) in [5, 5.41) is 19.9. The summed E-state index contributed by atoms with van der Waals surface area (Å²) in [5.74, 6) is 0.252. The van der Waals surface area contributed by atoms with Crippen molar-refractivity contribution >= 4 is 11.9 Å². The van der Waals surface area contributed by atoms with Crippen molar-refractivity contribution in [3.05, 3.63) is 5.57 Å². The van der Waals surface area contributed by atoms with Gasteiger partial charge in [-0.1, -0.05) is 0 Å². The highest BCUT2D eigenvalue weighted by Crippen LogP contribution is 2.11. The summed E-state index contributed by atoms with van der Waals surface area (Å²) in [6.07, 6.45) is -1.01. The first kappa shape index (κ1) is 7.94. The predicted molar refractivity (Wildman–Crippen MR) is 34.6 cm³/mol. The van der Waals surface area contributed by atoms with Crippen LogP contribution in [-0.4, -0.2) is 40.8 Å². The van der Waals surface area contributed by atoms with Crippen LogP contribution in [0.5, 0.6) is 0 Å². The van der Waals surface area contributed by atoms with Crippen LogP contribution >= 0.6 is 0 Å². The summed E-state index contributed by atoms with van der Waals surface area (Å²) in [6.45, 7) is 0.0988. The first-order valence-electron chi connectivity index (χ1n) is 3.06. The van der Waals surface area contributed by atoms with Gasteiger partial charge in [0, 0.05) is 6.54 Å². The highest BCUT2D eigenvalue weighted by Gasteiger charge is 2.34. The third-order valence-electron chi connectivity index (χ3n) is 1.55. The quantitative estimate of drug-likeness (QED) is 0.389. The zero-order chi connectivity index (χ0) is 8.43. The summed E-state index contributed by atoms with van der Waals surface area (Å²) >= 11 is 0. The zero-order valence-corrected chi connectivity index (χ0v) is 5.57. The first-order valence-corrected chi connectivity index (χ1v) is 3.06. The molecule has 1 rings (SSSR count). The van der Waals surface area contributed by atoms with Gasteiger partial charge in [0.05, 0.1) is 5.57 Å². The van der Waals surface area contributed by atoms with E-state index in [1.807, 2.05) is 0 Å². The minimum absolute atomic E-state index is 0.0988. The van der Waals surface area contributed by atoms with Crippen LogP contribution in [0.1, 0.15) is 0 Å². The van der Waals surface area contributed by atoms with E-state index in [0.717, 1.165) is 0 Å². The number of hydrogen-bond acceptors (Lipinski definition) is 4. The fourth-order valence-electron chi connectivity index (χ4n) is 0.989. The number of aliphatic carboxylic acids is 1. The maximum atomic E-state index is 10.3. The van der Waals surface area contributed by atoms with Gasteiger partial charge in [-0.15, -0.1) is 0 Å². The molecule has 1 fully saturated rings. The van der Waals surface area contributed by atoms with Crippen LogP contribution in [0.3, 0.4) is 0 Å². The number of aliphatic hydroxyl groups is 1. The molecular formula is C6H7NO4. The highest BCUT2D eigenvalue weighted by atomic mass is 16.4. The molecule has 60 valence electrons. The van der Waals surface area contributed by atoms with Crippen LogP contribution in [0, 0.1) is 0 Å². The lowest BCUT2D eigenvalue weighted by Gasteiger charge is -2.02. The second-order valence-electron chi connectivity index (χ2n) is 2.25. The smallest absolute Gasteiger partial charge is 0.325 e. The highest BCUT2D eigenvalue weighted by molar-refractivity contribution is 5.82. The molecule has 2 atom stereocenters. The summed E-state index contributed by atoms with van der Waals surface area (Å²) in [5.41, 5.74) is -0.127. The van der Waals surface area contributed by atoms with Gasteiger partial charge in [0.1, 0.15) is 18.1 Å². The van der Waals surface area contributed by atoms with Gasteiger partial charge >= 0.3 is 5.97 Å². The third kappa shape index (κ3) is 1.30. The molecule has 11 heavy (non-hydrogen) atoms. The van der Waals surface area contributed by atoms with Crippen LogP contribution < -0.4 is 5.32 Å². The Hall–Kier alpha value is -1.16. The van der Waals surface area contributed by atoms with Gasteiger partial charge in [0.25, 0.3) is 0 Å². The number of carboxylic acid groups (broad SMARTS) is 1. The van der Waals surface area contributed by atoms with E-state index in [2.05, 4.69) is 5.32 Å². The van der Waals surface area contributed by atoms with E-state index < -0.39 is 18.1 Å². The summed E-state index contributed by atoms with van der Waals surface area (Å²) < 4.78 is 0. The minimum atomic E-state index is -1.17. The Morgan fingerprint density at radius 2 is 2.36 bits per heavy atom. The summed E-state index contributed by atoms with van der Waals surface area (Å²) in [6, 6.07) is -1.07. The number of aliphatic hydroxyl groups excluding tert-OH is 1. The van der Waals surface area contributed by atoms with E-state index in [4.69, 9.17) is 10.2 Å². The van der Waals surface area contributed by atoms with Crippen LogP contribution in [0.2, 0.25) is 0 Å². The number of carboxylic acids is 1. The van der Waals surface area contributed by atoms with Crippen molar-refractivity contribution in [2.75, 3.05) is 6.54 Å². The molecule has 0 aromatic rings. The lowest BCUT2D eigenvalue weighted by molar-refractivity contribution is -0.138. The number of carbonyl (C=O) groups is 1. The van der Waals surface area contributed by atoms with E-state index in [1.165, 1.54) is 5.94 Å². The summed E-state index contributed by atoms with van der Waals surface area (Å²) in [7, 11) is 0. The Labute approximate surface area is 62.3 Å². The molecule has 1 heterocycles. The number of carbonyl (C=O) groups excluding carboxylic acids is 1. The van der Waals surface area contributed by atoms with Crippen molar-refractivity contribution in [2.45, 2.75) is 12.1 Å². The molecule has 1 aliphatic heterocycles. The zero-order valence-electron chi connectivity index (χ0n) is 5.57. The van der Waals surface area contributed by atoms with Crippen molar-refractivity contribution in [3.63, 3.8) is 0 Å². The average molecular weight is 157 g/mol. The molecule has 1 aliphatic rings. The van der Waals surface area contributed by atoms with E-state index >= 15 is 0 Å². The monoisotopic (exact) mass is 157 g/mol. The van der Waals surface area contributed by atoms with Crippen LogP contribution in [0.25, 0.3) is 0 Å². The molecule has 3 N–H and O–H groups in total. The molecule has 0 radical (unpaired) electrons. The first-order chi connectivity index (χ1) is 5.16. The van der Waals surface area contributed by atoms with Crippen molar-refractivity contribution in [2.24, 2.45) is 0 Å². The average Bonchev–Trinajstić information content (AvgIpc) is 2.30. The molecule has 1 saturated heterocycles. The molecule has 0 aromatic heterocycles. The molecule has 5 heteroatoms. The number of nitrogens with one attached hydrogen (secondary N) is 1. The fourth-order valence-corrected chi connectivity index (χ4v) is 0.989. The second kappa shape index (κ2) is 2.84. The van der Waals surface area contributed by atoms with Crippen molar-refractivity contribution < 1.29 is 19.8 Å². The fraction of sp³-hybridized carbons (Fsp3) is 0.500. The number of rotatable bonds is 1. The summed E-state index contributed by atoms with van der Waals surface area (Å²) in [4.78, 5) is 20.5. The maximum Gasteiger partial charge on any atom is 0.325 e. The van der Waals surface area contributed by atoms with E-state index in [9.17, 15) is 9.59 Å². The van der Waals surface area contributed by atoms with Crippen molar-refractivity contribution in [3.8, 4) is 0 Å². The Bertz CT molecular complexity index is 231. The normalized spacial score (nSPS) is 30.1. The standard InChI is InChI=1S/C6H7NO4/c8-2-3-4(9)1-7-5(3)6(10)11/h4-5,7,9H,1H2,(H,10,11)/t4-,5-/m0/s1. The lowest BCUT2D eigenvalue weighted by Crippen LogP contribution is -2.31. The Kier molecular flexibility index (Phi) is 2.05. The molecule has 0 amide bonds. The largest absolute Gasteiger partial charge is 0.480 e. The van der Waals surface area contributed by atoms with Gasteiger partial charge in [0.15, 0.2) is 0 Å². The second-order valence-corrected chi connectivity index (χ2v) is 2.25. The predicted octanol–water partition coefficient (Wildman–Crippen LogP) is -1.84. The van der Waals surface area contributed by atoms with Gasteiger partial charge < -0.3 is 10.2 Å². The molecule has 5 nitrogen and oxygen atoms in total. The van der Waals surface area contributed by atoms with Crippen LogP contribution in [0.4, 0.5) is 0 Å². The molecule has 0 aliphatic carbocycles. The van der Waals surface area contributed by atoms with Gasteiger partial charge in [-0.05, 0) is 0 Å².